The Morgan fingerprint density at radius 2 is 1.70 bits per heavy atom. The second-order valence-electron chi connectivity index (χ2n) is 9.37. The van der Waals surface area contributed by atoms with Gasteiger partial charge >= 0.3 is 6.18 Å². The van der Waals surface area contributed by atoms with Crippen LogP contribution in [0.5, 0.6) is 5.75 Å². The van der Waals surface area contributed by atoms with Gasteiger partial charge in [-0.15, -0.1) is 10.2 Å². The standard InChI is InChI=1S/C23H30F3N3O/c1-3-4-5-8-21-9-12-22(13-10-21,14-11-21)20-28-27-19(29(20)2)17-7-6-16(30)15-18(17)23(24,25)26/h6-7,15,30H,3-5,8-14H2,1-2H3. The molecule has 3 saturated carbocycles. The van der Waals surface area contributed by atoms with Gasteiger partial charge in [-0.05, 0) is 68.6 Å². The van der Waals surface area contributed by atoms with E-state index in [-0.39, 0.29) is 16.8 Å². The predicted molar refractivity (Wildman–Crippen MR) is 109 cm³/mol. The topological polar surface area (TPSA) is 50.9 Å². The minimum absolute atomic E-state index is 0.0431. The molecule has 3 aliphatic rings. The lowest BCUT2D eigenvalue weighted by molar-refractivity contribution is -0.137. The zero-order valence-electron chi connectivity index (χ0n) is 17.7. The number of aromatic hydroxyl groups is 1. The number of unbranched alkanes of at least 4 members (excludes halogenated alkanes) is 2. The highest BCUT2D eigenvalue weighted by atomic mass is 19.4. The van der Waals surface area contributed by atoms with Gasteiger partial charge in [-0.25, -0.2) is 0 Å². The molecular formula is C23H30F3N3O. The average Bonchev–Trinajstić information content (AvgIpc) is 3.11. The highest BCUT2D eigenvalue weighted by Crippen LogP contribution is 2.59. The third kappa shape index (κ3) is 3.60. The van der Waals surface area contributed by atoms with Crippen molar-refractivity contribution in [1.29, 1.82) is 0 Å². The van der Waals surface area contributed by atoms with E-state index in [1.54, 1.807) is 11.6 Å². The highest BCUT2D eigenvalue weighted by Gasteiger charge is 2.51. The minimum Gasteiger partial charge on any atom is -0.508 e. The molecule has 5 rings (SSSR count). The zero-order valence-corrected chi connectivity index (χ0v) is 17.7. The second kappa shape index (κ2) is 7.57. The molecule has 1 aromatic carbocycles. The Morgan fingerprint density at radius 1 is 1.03 bits per heavy atom. The minimum atomic E-state index is -4.58. The molecule has 3 fully saturated rings. The largest absolute Gasteiger partial charge is 0.508 e. The van der Waals surface area contributed by atoms with Gasteiger partial charge in [0.05, 0.1) is 5.56 Å². The van der Waals surface area contributed by atoms with Crippen LogP contribution in [0, 0.1) is 5.41 Å². The fraction of sp³-hybridized carbons (Fsp3) is 0.652. The molecule has 0 saturated heterocycles. The summed E-state index contributed by atoms with van der Waals surface area (Å²) in [4.78, 5) is 0. The second-order valence-corrected chi connectivity index (χ2v) is 9.37. The monoisotopic (exact) mass is 421 g/mol. The van der Waals surface area contributed by atoms with Crippen molar-refractivity contribution < 1.29 is 18.3 Å². The molecule has 2 bridgehead atoms. The summed E-state index contributed by atoms with van der Waals surface area (Å²) in [5.41, 5.74) is -0.552. The number of rotatable bonds is 6. The van der Waals surface area contributed by atoms with Crippen LogP contribution in [-0.4, -0.2) is 19.9 Å². The number of hydrogen-bond acceptors (Lipinski definition) is 3. The Balaban J connectivity index is 1.62. The van der Waals surface area contributed by atoms with Crippen molar-refractivity contribution in [3.05, 3.63) is 29.6 Å². The number of benzene rings is 1. The van der Waals surface area contributed by atoms with Gasteiger partial charge in [-0.2, -0.15) is 13.2 Å². The van der Waals surface area contributed by atoms with Gasteiger partial charge < -0.3 is 9.67 Å². The molecule has 164 valence electrons. The van der Waals surface area contributed by atoms with Gasteiger partial charge in [0.1, 0.15) is 11.6 Å². The number of hydrogen-bond donors (Lipinski definition) is 1. The third-order valence-corrected chi connectivity index (χ3v) is 7.61. The number of halogens is 3. The molecular weight excluding hydrogens is 391 g/mol. The quantitative estimate of drug-likeness (QED) is 0.551. The summed E-state index contributed by atoms with van der Waals surface area (Å²) in [6.45, 7) is 2.23. The lowest BCUT2D eigenvalue weighted by atomic mass is 9.52. The van der Waals surface area contributed by atoms with Gasteiger partial charge in [0.25, 0.3) is 0 Å². The fourth-order valence-electron chi connectivity index (χ4n) is 5.71. The van der Waals surface area contributed by atoms with Gasteiger partial charge in [0.2, 0.25) is 0 Å². The summed E-state index contributed by atoms with van der Waals surface area (Å²) in [6, 6.07) is 3.31. The van der Waals surface area contributed by atoms with Crippen LogP contribution in [0.15, 0.2) is 18.2 Å². The van der Waals surface area contributed by atoms with E-state index in [4.69, 9.17) is 0 Å². The molecule has 2 aromatic rings. The summed E-state index contributed by atoms with van der Waals surface area (Å²) >= 11 is 0. The van der Waals surface area contributed by atoms with Crippen molar-refractivity contribution in [2.75, 3.05) is 0 Å². The molecule has 0 radical (unpaired) electrons. The molecule has 1 aromatic heterocycles. The molecule has 0 atom stereocenters. The van der Waals surface area contributed by atoms with Crippen LogP contribution in [0.1, 0.15) is 82.5 Å². The molecule has 7 heteroatoms. The number of alkyl halides is 3. The zero-order chi connectivity index (χ0) is 21.6. The van der Waals surface area contributed by atoms with Crippen LogP contribution in [-0.2, 0) is 18.6 Å². The number of phenols is 1. The number of aromatic nitrogens is 3. The molecule has 0 amide bonds. The third-order valence-electron chi connectivity index (χ3n) is 7.61. The van der Waals surface area contributed by atoms with Crippen molar-refractivity contribution >= 4 is 0 Å². The molecule has 0 unspecified atom stereocenters. The van der Waals surface area contributed by atoms with Crippen molar-refractivity contribution in [1.82, 2.24) is 14.8 Å². The molecule has 0 aliphatic heterocycles. The van der Waals surface area contributed by atoms with Crippen LogP contribution < -0.4 is 0 Å². The molecule has 30 heavy (non-hydrogen) atoms. The maximum Gasteiger partial charge on any atom is 0.417 e. The first-order chi connectivity index (χ1) is 14.2. The average molecular weight is 422 g/mol. The van der Waals surface area contributed by atoms with E-state index in [1.807, 2.05) is 0 Å². The van der Waals surface area contributed by atoms with Crippen molar-refractivity contribution in [3.63, 3.8) is 0 Å². The van der Waals surface area contributed by atoms with Crippen LogP contribution in [0.4, 0.5) is 13.2 Å². The Morgan fingerprint density at radius 3 is 2.30 bits per heavy atom. The molecule has 4 nitrogen and oxygen atoms in total. The van der Waals surface area contributed by atoms with Gasteiger partial charge in [0.15, 0.2) is 5.82 Å². The van der Waals surface area contributed by atoms with E-state index in [9.17, 15) is 18.3 Å². The number of nitrogens with zero attached hydrogens (tertiary/aromatic N) is 3. The van der Waals surface area contributed by atoms with E-state index >= 15 is 0 Å². The normalized spacial score (nSPS) is 26.3. The van der Waals surface area contributed by atoms with Crippen molar-refractivity contribution in [2.45, 2.75) is 82.7 Å². The van der Waals surface area contributed by atoms with E-state index in [0.29, 0.717) is 5.41 Å². The number of fused-ring (bicyclic) bond motifs is 3. The first-order valence-corrected chi connectivity index (χ1v) is 11.0. The van der Waals surface area contributed by atoms with E-state index in [2.05, 4.69) is 17.1 Å². The molecule has 3 aliphatic carbocycles. The summed E-state index contributed by atoms with van der Waals surface area (Å²) < 4.78 is 42.4. The van der Waals surface area contributed by atoms with Crippen molar-refractivity contribution in [2.24, 2.45) is 12.5 Å². The number of phenolic OH excluding ortho intramolecular Hbond substituents is 1. The Kier molecular flexibility index (Phi) is 5.35. The van der Waals surface area contributed by atoms with Crippen LogP contribution in [0.25, 0.3) is 11.4 Å². The van der Waals surface area contributed by atoms with Gasteiger partial charge in [0, 0.05) is 18.0 Å². The SMILES string of the molecule is CCCCCC12CCC(c3nnc(-c4ccc(O)cc4C(F)(F)F)n3C)(CC1)CC2. The first-order valence-electron chi connectivity index (χ1n) is 11.0. The molecule has 1 N–H and O–H groups in total. The summed E-state index contributed by atoms with van der Waals surface area (Å²) in [7, 11) is 1.77. The Hall–Kier alpha value is -2.05. The smallest absolute Gasteiger partial charge is 0.417 e. The van der Waals surface area contributed by atoms with Gasteiger partial charge in [-0.3, -0.25) is 0 Å². The summed E-state index contributed by atoms with van der Waals surface area (Å²) in [5, 5.41) is 18.2. The highest BCUT2D eigenvalue weighted by molar-refractivity contribution is 5.63. The van der Waals surface area contributed by atoms with Crippen LogP contribution in [0.3, 0.4) is 0 Å². The maximum atomic E-state index is 13.6. The first kappa shape index (κ1) is 21.2. The summed E-state index contributed by atoms with van der Waals surface area (Å²) in [5.74, 6) is 0.601. The molecule has 1 heterocycles. The fourth-order valence-corrected chi connectivity index (χ4v) is 5.71. The van der Waals surface area contributed by atoms with Crippen LogP contribution >= 0.6 is 0 Å². The van der Waals surface area contributed by atoms with Crippen LogP contribution in [0.2, 0.25) is 0 Å². The van der Waals surface area contributed by atoms with E-state index in [0.717, 1.165) is 31.2 Å². The Bertz CT molecular complexity index is 894. The van der Waals surface area contributed by atoms with E-state index < -0.39 is 17.5 Å². The maximum absolute atomic E-state index is 13.6. The lowest BCUT2D eigenvalue weighted by Crippen LogP contribution is -2.45. The Labute approximate surface area is 175 Å². The predicted octanol–water partition coefficient (Wildman–Crippen LogP) is 6.38. The molecule has 0 spiro atoms. The van der Waals surface area contributed by atoms with Crippen molar-refractivity contribution in [3.8, 4) is 17.1 Å². The summed E-state index contributed by atoms with van der Waals surface area (Å²) in [6.07, 6.45) is 7.15. The van der Waals surface area contributed by atoms with E-state index in [1.165, 1.54) is 57.1 Å². The lowest BCUT2D eigenvalue weighted by Gasteiger charge is -2.53. The van der Waals surface area contributed by atoms with Gasteiger partial charge in [-0.1, -0.05) is 26.2 Å².